The van der Waals surface area contributed by atoms with Crippen LogP contribution in [0.4, 0.5) is 9.18 Å². The highest BCUT2D eigenvalue weighted by molar-refractivity contribution is 5.96. The first kappa shape index (κ1) is 29.9. The van der Waals surface area contributed by atoms with E-state index in [0.717, 1.165) is 0 Å². The Hall–Kier alpha value is -4.12. The first-order valence-electron chi connectivity index (χ1n) is 13.7. The van der Waals surface area contributed by atoms with Gasteiger partial charge in [0.05, 0.1) is 32.4 Å². The van der Waals surface area contributed by atoms with E-state index in [0.29, 0.717) is 66.6 Å². The number of halogens is 1. The lowest BCUT2D eigenvalue weighted by molar-refractivity contribution is -0.139. The molecule has 2 aromatic rings. The number of methoxy groups -OCH3 is 2. The topological polar surface area (TPSA) is 101 Å². The van der Waals surface area contributed by atoms with E-state index in [1.54, 1.807) is 34.9 Å². The summed E-state index contributed by atoms with van der Waals surface area (Å²) in [5, 5.41) is 2.96. The lowest BCUT2D eigenvalue weighted by Gasteiger charge is -2.43. The number of carbonyl (C=O) groups is 3. The van der Waals surface area contributed by atoms with Crippen LogP contribution in [-0.2, 0) is 9.53 Å². The molecule has 2 heterocycles. The SMILES string of the molecule is CCOC(=O)C1=C(CN2CCN(C(=O)c3ccc(F)cc3)C(C)C2)N(CC)C(=O)NC1c1cccc(OC)c1OC. The number of rotatable bonds is 9. The average molecular weight is 569 g/mol. The van der Waals surface area contributed by atoms with E-state index >= 15 is 0 Å². The molecule has 1 N–H and O–H groups in total. The van der Waals surface area contributed by atoms with Gasteiger partial charge < -0.3 is 24.4 Å². The summed E-state index contributed by atoms with van der Waals surface area (Å²) in [7, 11) is 3.03. The van der Waals surface area contributed by atoms with Crippen LogP contribution < -0.4 is 14.8 Å². The third kappa shape index (κ3) is 6.14. The summed E-state index contributed by atoms with van der Waals surface area (Å²) >= 11 is 0. The summed E-state index contributed by atoms with van der Waals surface area (Å²) in [6, 6.07) is 9.50. The van der Waals surface area contributed by atoms with Gasteiger partial charge in [-0.15, -0.1) is 0 Å². The van der Waals surface area contributed by atoms with Crippen LogP contribution in [0, 0.1) is 5.82 Å². The van der Waals surface area contributed by atoms with Gasteiger partial charge in [-0.05, 0) is 51.1 Å². The average Bonchev–Trinajstić information content (AvgIpc) is 2.96. The molecule has 1 fully saturated rings. The minimum absolute atomic E-state index is 0.158. The third-order valence-corrected chi connectivity index (χ3v) is 7.43. The zero-order valence-electron chi connectivity index (χ0n) is 24.1. The number of nitrogens with zero attached hydrogens (tertiary/aromatic N) is 3. The maximum atomic E-state index is 13.5. The number of esters is 1. The summed E-state index contributed by atoms with van der Waals surface area (Å²) in [5.41, 5.74) is 1.85. The fraction of sp³-hybridized carbons (Fsp3) is 0.433. The molecule has 2 atom stereocenters. The Morgan fingerprint density at radius 3 is 2.39 bits per heavy atom. The van der Waals surface area contributed by atoms with E-state index < -0.39 is 17.8 Å². The van der Waals surface area contributed by atoms with Gasteiger partial charge in [-0.3, -0.25) is 14.6 Å². The maximum absolute atomic E-state index is 13.5. The quantitative estimate of drug-likeness (QED) is 0.462. The number of piperazine rings is 1. The summed E-state index contributed by atoms with van der Waals surface area (Å²) in [4.78, 5) is 45.5. The van der Waals surface area contributed by atoms with Gasteiger partial charge in [0.2, 0.25) is 0 Å². The molecule has 41 heavy (non-hydrogen) atoms. The second-order valence-corrected chi connectivity index (χ2v) is 9.88. The first-order chi connectivity index (χ1) is 19.7. The van der Waals surface area contributed by atoms with Crippen molar-refractivity contribution >= 4 is 17.9 Å². The molecular weight excluding hydrogens is 531 g/mol. The summed E-state index contributed by atoms with van der Waals surface area (Å²) in [6.07, 6.45) is 0. The van der Waals surface area contributed by atoms with Crippen molar-refractivity contribution in [3.8, 4) is 11.5 Å². The number of hydrogen-bond donors (Lipinski definition) is 1. The van der Waals surface area contributed by atoms with Gasteiger partial charge >= 0.3 is 12.0 Å². The highest BCUT2D eigenvalue weighted by Crippen LogP contribution is 2.40. The zero-order valence-corrected chi connectivity index (χ0v) is 24.1. The predicted octanol–water partition coefficient (Wildman–Crippen LogP) is 3.59. The van der Waals surface area contributed by atoms with Gasteiger partial charge in [-0.2, -0.15) is 0 Å². The summed E-state index contributed by atoms with van der Waals surface area (Å²) in [5.74, 6) is -0.215. The Kier molecular flexibility index (Phi) is 9.49. The molecule has 0 radical (unpaired) electrons. The van der Waals surface area contributed by atoms with Gasteiger partial charge in [0.1, 0.15) is 5.82 Å². The number of benzene rings is 2. The van der Waals surface area contributed by atoms with Crippen LogP contribution in [0.5, 0.6) is 11.5 Å². The monoisotopic (exact) mass is 568 g/mol. The van der Waals surface area contributed by atoms with Crippen molar-refractivity contribution in [2.75, 3.05) is 53.6 Å². The Balaban J connectivity index is 1.68. The molecule has 0 saturated carbocycles. The van der Waals surface area contributed by atoms with Crippen LogP contribution in [0.15, 0.2) is 53.7 Å². The summed E-state index contributed by atoms with van der Waals surface area (Å²) < 4.78 is 30.0. The van der Waals surface area contributed by atoms with Crippen molar-refractivity contribution in [1.82, 2.24) is 20.0 Å². The van der Waals surface area contributed by atoms with E-state index in [1.807, 2.05) is 13.8 Å². The second-order valence-electron chi connectivity index (χ2n) is 9.88. The number of ether oxygens (including phenoxy) is 3. The van der Waals surface area contributed by atoms with Crippen LogP contribution in [0.25, 0.3) is 0 Å². The number of hydrogen-bond acceptors (Lipinski definition) is 7. The molecule has 11 heteroatoms. The molecule has 0 aromatic heterocycles. The zero-order chi connectivity index (χ0) is 29.7. The van der Waals surface area contributed by atoms with E-state index in [4.69, 9.17) is 14.2 Å². The first-order valence-corrected chi connectivity index (χ1v) is 13.7. The lowest BCUT2D eigenvalue weighted by atomic mass is 9.93. The fourth-order valence-electron chi connectivity index (χ4n) is 5.48. The fourth-order valence-corrected chi connectivity index (χ4v) is 5.48. The van der Waals surface area contributed by atoms with Gasteiger partial charge in [-0.1, -0.05) is 12.1 Å². The number of carbonyl (C=O) groups excluding carboxylic acids is 3. The van der Waals surface area contributed by atoms with Gasteiger partial charge in [0, 0.05) is 55.6 Å². The number of urea groups is 1. The van der Waals surface area contributed by atoms with Gasteiger partial charge in [-0.25, -0.2) is 14.0 Å². The molecule has 0 bridgehead atoms. The van der Waals surface area contributed by atoms with Crippen molar-refractivity contribution < 1.29 is 33.0 Å². The molecular formula is C30H37FN4O6. The van der Waals surface area contributed by atoms with E-state index in [1.165, 1.54) is 38.5 Å². The van der Waals surface area contributed by atoms with Crippen LogP contribution in [0.1, 0.15) is 42.7 Å². The predicted molar refractivity (Wildman–Crippen MR) is 150 cm³/mol. The maximum Gasteiger partial charge on any atom is 0.338 e. The number of amides is 3. The van der Waals surface area contributed by atoms with Crippen LogP contribution in [0.3, 0.4) is 0 Å². The molecule has 10 nitrogen and oxygen atoms in total. The Morgan fingerprint density at radius 2 is 1.78 bits per heavy atom. The number of nitrogens with one attached hydrogen (secondary N) is 1. The van der Waals surface area contributed by atoms with E-state index in [-0.39, 0.29) is 24.6 Å². The lowest BCUT2D eigenvalue weighted by Crippen LogP contribution is -2.56. The number of likely N-dealkylation sites (N-methyl/N-ethyl adjacent to an activating group) is 1. The highest BCUT2D eigenvalue weighted by Gasteiger charge is 2.40. The molecule has 220 valence electrons. The third-order valence-electron chi connectivity index (χ3n) is 7.43. The summed E-state index contributed by atoms with van der Waals surface area (Å²) in [6.45, 7) is 7.79. The Bertz CT molecular complexity index is 1310. The van der Waals surface area contributed by atoms with Crippen LogP contribution in [-0.4, -0.2) is 92.2 Å². The van der Waals surface area contributed by atoms with Crippen molar-refractivity contribution in [2.45, 2.75) is 32.9 Å². The van der Waals surface area contributed by atoms with Gasteiger partial charge in [0.25, 0.3) is 5.91 Å². The molecule has 1 saturated heterocycles. The van der Waals surface area contributed by atoms with Crippen LogP contribution in [0.2, 0.25) is 0 Å². The second kappa shape index (κ2) is 13.0. The van der Waals surface area contributed by atoms with Crippen molar-refractivity contribution in [2.24, 2.45) is 0 Å². The smallest absolute Gasteiger partial charge is 0.338 e. The molecule has 0 aliphatic carbocycles. The molecule has 3 amide bonds. The minimum Gasteiger partial charge on any atom is -0.493 e. The molecule has 2 aromatic carbocycles. The van der Waals surface area contributed by atoms with Crippen LogP contribution >= 0.6 is 0 Å². The number of para-hydroxylation sites is 1. The molecule has 4 rings (SSSR count). The van der Waals surface area contributed by atoms with E-state index in [2.05, 4.69) is 10.2 Å². The molecule has 0 spiro atoms. The normalized spacial score (nSPS) is 19.6. The standard InChI is InChI=1S/C30H37FN4O6/c1-6-34-23(18-33-15-16-35(19(3)17-33)28(36)20-11-13-21(31)14-12-20)25(29(37)41-7-2)26(32-30(34)38)22-9-8-10-24(39-4)27(22)40-5/h8-14,19,26H,6-7,15-18H2,1-5H3,(H,32,38). The van der Waals surface area contributed by atoms with E-state index in [9.17, 15) is 18.8 Å². The Morgan fingerprint density at radius 1 is 1.05 bits per heavy atom. The molecule has 2 aliphatic rings. The highest BCUT2D eigenvalue weighted by atomic mass is 19.1. The Labute approximate surface area is 239 Å². The van der Waals surface area contributed by atoms with Gasteiger partial charge in [0.15, 0.2) is 11.5 Å². The minimum atomic E-state index is -0.830. The van der Waals surface area contributed by atoms with Crippen molar-refractivity contribution in [3.63, 3.8) is 0 Å². The molecule has 2 unspecified atom stereocenters. The van der Waals surface area contributed by atoms with Crippen molar-refractivity contribution in [1.29, 1.82) is 0 Å². The van der Waals surface area contributed by atoms with Crippen molar-refractivity contribution in [3.05, 3.63) is 70.7 Å². The largest absolute Gasteiger partial charge is 0.493 e. The molecule has 2 aliphatic heterocycles.